The van der Waals surface area contributed by atoms with Crippen molar-refractivity contribution in [3.8, 4) is 0 Å². The summed E-state index contributed by atoms with van der Waals surface area (Å²) < 4.78 is 4.75. The second kappa shape index (κ2) is 3.01. The van der Waals surface area contributed by atoms with Crippen LogP contribution < -0.4 is 0 Å². The minimum absolute atomic E-state index is 0.393. The summed E-state index contributed by atoms with van der Waals surface area (Å²) in [5, 5.41) is 0. The Hall–Kier alpha value is -0.310. The van der Waals surface area contributed by atoms with Crippen LogP contribution in [0.25, 0.3) is 0 Å². The maximum absolute atomic E-state index is 10.3. The Balaban J connectivity index is 2.35. The predicted octanol–water partition coefficient (Wildman–Crippen LogP) is 2.59. The van der Waals surface area contributed by atoms with Crippen molar-refractivity contribution < 1.29 is 9.53 Å². The van der Waals surface area contributed by atoms with Gasteiger partial charge in [0.2, 0.25) is 0 Å². The fraction of sp³-hybridized carbons (Fsp3) is 0.500. The van der Waals surface area contributed by atoms with Crippen LogP contribution in [0.1, 0.15) is 19.3 Å². The molecule has 0 saturated heterocycles. The Kier molecular flexibility index (Phi) is 2.28. The normalized spacial score (nSPS) is 17.2. The molecular weight excluding hydrogens is 184 g/mol. The molecule has 0 fully saturated rings. The van der Waals surface area contributed by atoms with Gasteiger partial charge in [-0.25, -0.2) is 4.79 Å². The number of halogens is 1. The maximum atomic E-state index is 10.3. The second-order valence-electron chi connectivity index (χ2n) is 1.90. The average Bonchev–Trinajstić information content (AvgIpc) is 2.15. The van der Waals surface area contributed by atoms with Crippen molar-refractivity contribution in [2.24, 2.45) is 0 Å². The molecule has 3 heteroatoms. The third-order valence-corrected chi connectivity index (χ3v) is 1.37. The van der Waals surface area contributed by atoms with Crippen LogP contribution in [-0.2, 0) is 4.74 Å². The summed E-state index contributed by atoms with van der Waals surface area (Å²) in [6.45, 7) is 0. The molecule has 0 radical (unpaired) electrons. The number of hydrogen-bond donors (Lipinski definition) is 0. The fourth-order valence-corrected chi connectivity index (χ4v) is 1.05. The van der Waals surface area contributed by atoms with Crippen molar-refractivity contribution in [1.82, 2.24) is 0 Å². The molecule has 0 spiro atoms. The molecule has 0 bridgehead atoms. The first-order valence-corrected chi connectivity index (χ1v) is 3.64. The van der Waals surface area contributed by atoms with Crippen molar-refractivity contribution in [1.29, 1.82) is 0 Å². The van der Waals surface area contributed by atoms with Gasteiger partial charge in [-0.1, -0.05) is 0 Å². The number of carbonyl (C=O) groups excluding carboxylic acids is 1. The molecule has 0 aromatic carbocycles. The Labute approximate surface area is 62.0 Å². The van der Waals surface area contributed by atoms with Crippen molar-refractivity contribution in [3.63, 3.8) is 0 Å². The Morgan fingerprint density at radius 3 is 3.00 bits per heavy atom. The van der Waals surface area contributed by atoms with Gasteiger partial charge in [-0.3, -0.25) is 0 Å². The molecule has 1 rings (SSSR count). The Morgan fingerprint density at radius 1 is 1.78 bits per heavy atom. The molecular formula is C6H7BrO2. The van der Waals surface area contributed by atoms with Gasteiger partial charge in [0.25, 0.3) is 0 Å². The van der Waals surface area contributed by atoms with Crippen LogP contribution in [0.15, 0.2) is 11.8 Å². The van der Waals surface area contributed by atoms with Crippen LogP contribution in [-0.4, -0.2) is 4.88 Å². The van der Waals surface area contributed by atoms with Crippen LogP contribution >= 0.6 is 15.9 Å². The smallest absolute Gasteiger partial charge is 0.379 e. The number of rotatable bonds is 1. The summed E-state index contributed by atoms with van der Waals surface area (Å²) in [6.07, 6.45) is 4.99. The molecule has 0 amide bonds. The van der Waals surface area contributed by atoms with E-state index in [-0.39, 0.29) is 0 Å². The van der Waals surface area contributed by atoms with Gasteiger partial charge in [0.05, 0.1) is 0 Å². The molecule has 9 heavy (non-hydrogen) atoms. The molecule has 0 N–H and O–H groups in total. The van der Waals surface area contributed by atoms with E-state index in [1.165, 1.54) is 0 Å². The first kappa shape index (κ1) is 6.81. The van der Waals surface area contributed by atoms with Gasteiger partial charge in [-0.15, -0.1) is 0 Å². The summed E-state index contributed by atoms with van der Waals surface area (Å²) >= 11 is 2.68. The molecule has 0 aromatic heterocycles. The van der Waals surface area contributed by atoms with E-state index in [0.29, 0.717) is 0 Å². The molecule has 1 aliphatic carbocycles. The van der Waals surface area contributed by atoms with Crippen LogP contribution in [0.4, 0.5) is 4.79 Å². The topological polar surface area (TPSA) is 26.3 Å². The highest BCUT2D eigenvalue weighted by atomic mass is 79.9. The molecule has 0 unspecified atom stereocenters. The zero-order valence-electron chi connectivity index (χ0n) is 4.89. The lowest BCUT2D eigenvalue weighted by molar-refractivity contribution is 0.204. The predicted molar refractivity (Wildman–Crippen MR) is 37.3 cm³/mol. The molecule has 0 aliphatic heterocycles. The highest BCUT2D eigenvalue weighted by molar-refractivity contribution is 9.18. The lowest BCUT2D eigenvalue weighted by Crippen LogP contribution is -1.89. The highest BCUT2D eigenvalue weighted by Crippen LogP contribution is 2.19. The van der Waals surface area contributed by atoms with Gasteiger partial charge in [-0.05, 0) is 18.9 Å². The van der Waals surface area contributed by atoms with Gasteiger partial charge >= 0.3 is 4.88 Å². The van der Waals surface area contributed by atoms with Crippen LogP contribution in [0.3, 0.4) is 0 Å². The van der Waals surface area contributed by atoms with Gasteiger partial charge in [0.1, 0.15) is 5.76 Å². The lowest BCUT2D eigenvalue weighted by Gasteiger charge is -1.96. The zero-order chi connectivity index (χ0) is 6.69. The summed E-state index contributed by atoms with van der Waals surface area (Å²) in [4.78, 5) is 9.86. The lowest BCUT2D eigenvalue weighted by atomic mass is 10.4. The largest absolute Gasteiger partial charge is 0.423 e. The van der Waals surface area contributed by atoms with E-state index < -0.39 is 4.88 Å². The zero-order valence-corrected chi connectivity index (χ0v) is 6.48. The van der Waals surface area contributed by atoms with Crippen molar-refractivity contribution in [2.75, 3.05) is 0 Å². The summed E-state index contributed by atoms with van der Waals surface area (Å²) in [5.41, 5.74) is 0. The summed E-state index contributed by atoms with van der Waals surface area (Å²) in [6, 6.07) is 0. The van der Waals surface area contributed by atoms with E-state index in [0.717, 1.165) is 25.0 Å². The third-order valence-electron chi connectivity index (χ3n) is 1.21. The monoisotopic (exact) mass is 190 g/mol. The number of hydrogen-bond acceptors (Lipinski definition) is 2. The van der Waals surface area contributed by atoms with Gasteiger partial charge in [-0.2, -0.15) is 0 Å². The highest BCUT2D eigenvalue weighted by Gasteiger charge is 2.07. The van der Waals surface area contributed by atoms with Crippen LogP contribution in [0.2, 0.25) is 0 Å². The van der Waals surface area contributed by atoms with E-state index in [1.807, 2.05) is 6.08 Å². The van der Waals surface area contributed by atoms with Crippen LogP contribution in [0.5, 0.6) is 0 Å². The average molecular weight is 191 g/mol. The Bertz CT molecular complexity index is 151. The number of ether oxygens (including phenoxy) is 1. The van der Waals surface area contributed by atoms with E-state index in [2.05, 4.69) is 15.9 Å². The first-order valence-electron chi connectivity index (χ1n) is 2.85. The van der Waals surface area contributed by atoms with Gasteiger partial charge in [0.15, 0.2) is 0 Å². The fourth-order valence-electron chi connectivity index (χ4n) is 0.837. The Morgan fingerprint density at radius 2 is 2.56 bits per heavy atom. The molecule has 1 aliphatic rings. The molecule has 50 valence electrons. The van der Waals surface area contributed by atoms with E-state index >= 15 is 0 Å². The van der Waals surface area contributed by atoms with Gasteiger partial charge in [0, 0.05) is 22.4 Å². The number of allylic oxidation sites excluding steroid dienone is 2. The van der Waals surface area contributed by atoms with E-state index in [4.69, 9.17) is 4.74 Å². The minimum Gasteiger partial charge on any atom is -0.423 e. The second-order valence-corrected chi connectivity index (χ2v) is 2.55. The van der Waals surface area contributed by atoms with E-state index in [1.54, 1.807) is 0 Å². The molecule has 2 nitrogen and oxygen atoms in total. The standard InChI is InChI=1S/C6H7BrO2/c7-6(8)9-5-3-1-2-4-5/h3H,1-2,4H2. The van der Waals surface area contributed by atoms with Crippen molar-refractivity contribution in [3.05, 3.63) is 11.8 Å². The first-order chi connectivity index (χ1) is 4.29. The summed E-state index contributed by atoms with van der Waals surface area (Å²) in [7, 11) is 0. The summed E-state index contributed by atoms with van der Waals surface area (Å²) in [5.74, 6) is 0.803. The van der Waals surface area contributed by atoms with Crippen molar-refractivity contribution >= 4 is 20.8 Å². The maximum Gasteiger partial charge on any atom is 0.379 e. The van der Waals surface area contributed by atoms with Gasteiger partial charge < -0.3 is 4.74 Å². The van der Waals surface area contributed by atoms with E-state index in [9.17, 15) is 4.79 Å². The van der Waals surface area contributed by atoms with Crippen LogP contribution in [0, 0.1) is 0 Å². The molecule has 0 aromatic rings. The molecule has 0 saturated carbocycles. The minimum atomic E-state index is -0.393. The SMILES string of the molecule is O=C(Br)OC1=CCCC1. The third kappa shape index (κ3) is 2.18. The molecule has 0 atom stereocenters. The quantitative estimate of drug-likeness (QED) is 0.595. The molecule has 0 heterocycles. The number of carbonyl (C=O) groups is 1. The van der Waals surface area contributed by atoms with Crippen molar-refractivity contribution in [2.45, 2.75) is 19.3 Å².